The highest BCUT2D eigenvalue weighted by Crippen LogP contribution is 2.24. The lowest BCUT2D eigenvalue weighted by Crippen LogP contribution is -2.62. The first kappa shape index (κ1) is 17.0. The highest BCUT2D eigenvalue weighted by molar-refractivity contribution is 5.94. The van der Waals surface area contributed by atoms with Gasteiger partial charge < -0.3 is 10.6 Å². The fraction of sp³-hybridized carbons (Fsp3) is 0.579. The predicted octanol–water partition coefficient (Wildman–Crippen LogP) is 1.66. The number of nitrogens with zero attached hydrogens (tertiary/aromatic N) is 2. The number of hydrogen-bond donors (Lipinski definition) is 1. The summed E-state index contributed by atoms with van der Waals surface area (Å²) in [6.45, 7) is 5.55. The molecule has 0 bridgehead atoms. The molecule has 2 aliphatic heterocycles. The second kappa shape index (κ2) is 7.34. The van der Waals surface area contributed by atoms with Crippen molar-refractivity contribution in [3.8, 4) is 0 Å². The smallest absolute Gasteiger partial charge is 0.253 e. The van der Waals surface area contributed by atoms with Crippen LogP contribution in [0, 0.1) is 5.92 Å². The molecule has 0 spiro atoms. The van der Waals surface area contributed by atoms with Gasteiger partial charge >= 0.3 is 0 Å². The van der Waals surface area contributed by atoms with Gasteiger partial charge in [-0.1, -0.05) is 25.5 Å². The molecule has 0 aromatic heterocycles. The number of primary amides is 1. The minimum Gasteiger partial charge on any atom is -0.369 e. The van der Waals surface area contributed by atoms with E-state index < -0.39 is 0 Å². The molecule has 0 unspecified atom stereocenters. The normalized spacial score (nSPS) is 20.0. The molecule has 0 aliphatic carbocycles. The van der Waals surface area contributed by atoms with Crippen LogP contribution < -0.4 is 5.73 Å². The first-order valence-electron chi connectivity index (χ1n) is 9.00. The summed E-state index contributed by atoms with van der Waals surface area (Å²) in [5, 5.41) is 0. The molecule has 0 atom stereocenters. The van der Waals surface area contributed by atoms with Crippen molar-refractivity contribution in [1.82, 2.24) is 9.80 Å². The minimum absolute atomic E-state index is 0.0284. The minimum atomic E-state index is -0.174. The van der Waals surface area contributed by atoms with Crippen LogP contribution in [-0.4, -0.2) is 53.8 Å². The van der Waals surface area contributed by atoms with Gasteiger partial charge in [-0.05, 0) is 50.0 Å². The zero-order valence-electron chi connectivity index (χ0n) is 14.4. The van der Waals surface area contributed by atoms with Gasteiger partial charge in [0, 0.05) is 30.6 Å². The zero-order valence-corrected chi connectivity index (χ0v) is 14.4. The van der Waals surface area contributed by atoms with Crippen molar-refractivity contribution in [3.63, 3.8) is 0 Å². The van der Waals surface area contributed by atoms with E-state index in [1.165, 1.54) is 5.56 Å². The van der Waals surface area contributed by atoms with E-state index in [-0.39, 0.29) is 17.7 Å². The van der Waals surface area contributed by atoms with Crippen LogP contribution in [0.3, 0.4) is 0 Å². The average molecular weight is 329 g/mol. The monoisotopic (exact) mass is 329 g/mol. The largest absolute Gasteiger partial charge is 0.369 e. The number of carbonyl (C=O) groups is 2. The number of piperidine rings is 1. The van der Waals surface area contributed by atoms with Crippen LogP contribution in [0.15, 0.2) is 24.3 Å². The number of hydrogen-bond acceptors (Lipinski definition) is 3. The van der Waals surface area contributed by atoms with Crippen molar-refractivity contribution in [2.45, 2.75) is 38.6 Å². The Bertz CT molecular complexity index is 585. The molecule has 130 valence electrons. The summed E-state index contributed by atoms with van der Waals surface area (Å²) in [6.07, 6.45) is 3.87. The summed E-state index contributed by atoms with van der Waals surface area (Å²) >= 11 is 0. The number of rotatable bonds is 5. The standard InChI is InChI=1S/C19H27N3O2/c1-2-3-14-4-6-16(7-5-14)19(24)22-12-17(13-22)21-10-8-15(9-11-21)18(20)23/h4-7,15,17H,2-3,8-13H2,1H3,(H2,20,23). The Morgan fingerprint density at radius 2 is 1.75 bits per heavy atom. The van der Waals surface area contributed by atoms with E-state index in [4.69, 9.17) is 5.73 Å². The van der Waals surface area contributed by atoms with Gasteiger partial charge in [0.25, 0.3) is 5.91 Å². The lowest BCUT2D eigenvalue weighted by molar-refractivity contribution is -0.123. The van der Waals surface area contributed by atoms with Gasteiger partial charge in [0.1, 0.15) is 0 Å². The molecule has 2 amide bonds. The third-order valence-electron chi connectivity index (χ3n) is 5.34. The van der Waals surface area contributed by atoms with Crippen molar-refractivity contribution in [2.75, 3.05) is 26.2 Å². The molecule has 0 radical (unpaired) electrons. The molecule has 2 heterocycles. The van der Waals surface area contributed by atoms with Crippen molar-refractivity contribution in [2.24, 2.45) is 11.7 Å². The maximum absolute atomic E-state index is 12.5. The second-order valence-corrected chi connectivity index (χ2v) is 7.02. The van der Waals surface area contributed by atoms with E-state index in [1.54, 1.807) is 0 Å². The Kier molecular flexibility index (Phi) is 5.19. The molecule has 1 aromatic carbocycles. The van der Waals surface area contributed by atoms with Crippen LogP contribution in [0.25, 0.3) is 0 Å². The van der Waals surface area contributed by atoms with Crippen LogP contribution >= 0.6 is 0 Å². The maximum Gasteiger partial charge on any atom is 0.253 e. The van der Waals surface area contributed by atoms with Crippen molar-refractivity contribution in [1.29, 1.82) is 0 Å². The summed E-state index contributed by atoms with van der Waals surface area (Å²) in [7, 11) is 0. The van der Waals surface area contributed by atoms with Crippen molar-refractivity contribution in [3.05, 3.63) is 35.4 Å². The molecular formula is C19H27N3O2. The van der Waals surface area contributed by atoms with Crippen LogP contribution in [0.1, 0.15) is 42.1 Å². The average Bonchev–Trinajstić information content (AvgIpc) is 2.55. The quantitative estimate of drug-likeness (QED) is 0.893. The van der Waals surface area contributed by atoms with Crippen LogP contribution in [-0.2, 0) is 11.2 Å². The third kappa shape index (κ3) is 3.61. The predicted molar refractivity (Wildman–Crippen MR) is 93.6 cm³/mol. The molecule has 2 fully saturated rings. The lowest BCUT2D eigenvalue weighted by atomic mass is 9.93. The SMILES string of the molecule is CCCc1ccc(C(=O)N2CC(N3CCC(C(N)=O)CC3)C2)cc1. The van der Waals surface area contributed by atoms with Gasteiger partial charge in [0.2, 0.25) is 5.91 Å². The molecule has 5 nitrogen and oxygen atoms in total. The zero-order chi connectivity index (χ0) is 17.1. The molecule has 1 aromatic rings. The van der Waals surface area contributed by atoms with Crippen LogP contribution in [0.4, 0.5) is 0 Å². The highest BCUT2D eigenvalue weighted by Gasteiger charge is 2.37. The van der Waals surface area contributed by atoms with E-state index in [2.05, 4.69) is 24.0 Å². The van der Waals surface area contributed by atoms with E-state index in [1.807, 2.05) is 17.0 Å². The van der Waals surface area contributed by atoms with E-state index >= 15 is 0 Å². The third-order valence-corrected chi connectivity index (χ3v) is 5.34. The summed E-state index contributed by atoms with van der Waals surface area (Å²) in [4.78, 5) is 28.1. The number of benzene rings is 1. The summed E-state index contributed by atoms with van der Waals surface area (Å²) in [5.41, 5.74) is 7.44. The van der Waals surface area contributed by atoms with E-state index in [9.17, 15) is 9.59 Å². The molecule has 3 rings (SSSR count). The molecule has 5 heteroatoms. The number of carbonyl (C=O) groups excluding carboxylic acids is 2. The van der Waals surface area contributed by atoms with Gasteiger partial charge in [0.15, 0.2) is 0 Å². The first-order chi connectivity index (χ1) is 11.6. The Hall–Kier alpha value is -1.88. The Morgan fingerprint density at radius 1 is 1.12 bits per heavy atom. The Morgan fingerprint density at radius 3 is 2.29 bits per heavy atom. The number of likely N-dealkylation sites (tertiary alicyclic amines) is 2. The molecule has 2 aliphatic rings. The number of amides is 2. The van der Waals surface area contributed by atoms with Crippen LogP contribution in [0.5, 0.6) is 0 Å². The molecular weight excluding hydrogens is 302 g/mol. The van der Waals surface area contributed by atoms with Gasteiger partial charge in [-0.2, -0.15) is 0 Å². The van der Waals surface area contributed by atoms with Crippen molar-refractivity contribution < 1.29 is 9.59 Å². The van der Waals surface area contributed by atoms with Gasteiger partial charge in [-0.25, -0.2) is 0 Å². The topological polar surface area (TPSA) is 66.6 Å². The highest BCUT2D eigenvalue weighted by atomic mass is 16.2. The van der Waals surface area contributed by atoms with E-state index in [0.29, 0.717) is 6.04 Å². The maximum atomic E-state index is 12.5. The summed E-state index contributed by atoms with van der Waals surface area (Å²) in [6, 6.07) is 8.44. The number of nitrogens with two attached hydrogens (primary N) is 1. The summed E-state index contributed by atoms with van der Waals surface area (Å²) < 4.78 is 0. The van der Waals surface area contributed by atoms with Gasteiger partial charge in [0.05, 0.1) is 0 Å². The Labute approximate surface area is 143 Å². The molecule has 24 heavy (non-hydrogen) atoms. The second-order valence-electron chi connectivity index (χ2n) is 7.02. The molecule has 2 saturated heterocycles. The molecule has 0 saturated carbocycles. The van der Waals surface area contributed by atoms with Crippen molar-refractivity contribution >= 4 is 11.8 Å². The fourth-order valence-corrected chi connectivity index (χ4v) is 3.69. The fourth-order valence-electron chi connectivity index (χ4n) is 3.69. The summed E-state index contributed by atoms with van der Waals surface area (Å²) in [5.74, 6) is -0.0198. The van der Waals surface area contributed by atoms with Gasteiger partial charge in [-0.15, -0.1) is 0 Å². The van der Waals surface area contributed by atoms with Gasteiger partial charge in [-0.3, -0.25) is 14.5 Å². The number of aryl methyl sites for hydroxylation is 1. The van der Waals surface area contributed by atoms with E-state index in [0.717, 1.165) is 57.4 Å². The first-order valence-corrected chi connectivity index (χ1v) is 9.00. The van der Waals surface area contributed by atoms with Crippen LogP contribution in [0.2, 0.25) is 0 Å². The Balaban J connectivity index is 1.48. The lowest BCUT2D eigenvalue weighted by Gasteiger charge is -2.47. The molecule has 2 N–H and O–H groups in total.